The zero-order valence-electron chi connectivity index (χ0n) is 9.91. The van der Waals surface area contributed by atoms with Crippen LogP contribution in [0.1, 0.15) is 31.0 Å². The first-order chi connectivity index (χ1) is 7.91. The SMILES string of the molecule is CC1OC(C)C(C(Cl)c2cc(Cl)c(Br)s2)C1C. The summed E-state index contributed by atoms with van der Waals surface area (Å²) >= 11 is 17.7. The Morgan fingerprint density at radius 1 is 1.35 bits per heavy atom. The van der Waals surface area contributed by atoms with Crippen LogP contribution in [0.15, 0.2) is 9.85 Å². The van der Waals surface area contributed by atoms with E-state index >= 15 is 0 Å². The van der Waals surface area contributed by atoms with Crippen molar-refractivity contribution in [2.45, 2.75) is 38.4 Å². The molecule has 1 saturated heterocycles. The van der Waals surface area contributed by atoms with Gasteiger partial charge in [-0.25, -0.2) is 0 Å². The van der Waals surface area contributed by atoms with Crippen molar-refractivity contribution in [2.24, 2.45) is 11.8 Å². The average Bonchev–Trinajstić information content (AvgIpc) is 2.70. The first-order valence-electron chi connectivity index (χ1n) is 5.66. The van der Waals surface area contributed by atoms with E-state index in [-0.39, 0.29) is 17.6 Å². The molecule has 2 rings (SSSR count). The van der Waals surface area contributed by atoms with Crippen LogP contribution in [-0.4, -0.2) is 12.2 Å². The van der Waals surface area contributed by atoms with Gasteiger partial charge in [-0.2, -0.15) is 0 Å². The molecule has 5 heteroatoms. The number of halogens is 3. The third-order valence-corrected chi connectivity index (χ3v) is 6.81. The van der Waals surface area contributed by atoms with Gasteiger partial charge in [-0.15, -0.1) is 22.9 Å². The van der Waals surface area contributed by atoms with E-state index in [0.717, 1.165) is 13.7 Å². The second-order valence-corrected chi connectivity index (χ2v) is 7.93. The van der Waals surface area contributed by atoms with E-state index in [1.54, 1.807) is 11.3 Å². The summed E-state index contributed by atoms with van der Waals surface area (Å²) in [4.78, 5) is 1.12. The normalized spacial score (nSPS) is 35.2. The van der Waals surface area contributed by atoms with Crippen LogP contribution in [0, 0.1) is 11.8 Å². The summed E-state index contributed by atoms with van der Waals surface area (Å²) in [6, 6.07) is 1.95. The van der Waals surface area contributed by atoms with Gasteiger partial charge < -0.3 is 4.74 Å². The Kier molecular flexibility index (Phi) is 4.47. The second-order valence-electron chi connectivity index (χ2n) is 4.65. The highest BCUT2D eigenvalue weighted by atomic mass is 79.9. The molecule has 1 aliphatic heterocycles. The lowest BCUT2D eigenvalue weighted by Gasteiger charge is -2.23. The molecule has 1 aromatic heterocycles. The highest BCUT2D eigenvalue weighted by Gasteiger charge is 2.42. The molecule has 17 heavy (non-hydrogen) atoms. The molecule has 1 aliphatic rings. The molecule has 96 valence electrons. The third kappa shape index (κ3) is 2.69. The minimum Gasteiger partial charge on any atom is -0.375 e. The maximum Gasteiger partial charge on any atom is 0.0887 e. The van der Waals surface area contributed by atoms with Crippen molar-refractivity contribution < 1.29 is 4.74 Å². The predicted molar refractivity (Wildman–Crippen MR) is 78.3 cm³/mol. The van der Waals surface area contributed by atoms with Crippen LogP contribution in [0.5, 0.6) is 0 Å². The standard InChI is InChI=1S/C12H15BrCl2OS/c1-5-6(2)16-7(3)10(5)11(15)9-4-8(14)12(13)17-9/h4-7,10-11H,1-3H3. The smallest absolute Gasteiger partial charge is 0.0887 e. The lowest BCUT2D eigenvalue weighted by molar-refractivity contribution is 0.0508. The molecule has 1 nitrogen and oxygen atoms in total. The molecule has 5 atom stereocenters. The van der Waals surface area contributed by atoms with Crippen LogP contribution in [0.2, 0.25) is 5.02 Å². The maximum absolute atomic E-state index is 6.60. The van der Waals surface area contributed by atoms with E-state index < -0.39 is 0 Å². The predicted octanol–water partition coefficient (Wildman–Crippen LogP) is 5.50. The van der Waals surface area contributed by atoms with Gasteiger partial charge in [0.15, 0.2) is 0 Å². The summed E-state index contributed by atoms with van der Waals surface area (Å²) in [6.45, 7) is 6.42. The molecule has 0 radical (unpaired) electrons. The molecular formula is C12H15BrCl2OS. The first kappa shape index (κ1) is 14.1. The molecule has 0 N–H and O–H groups in total. The van der Waals surface area contributed by atoms with Gasteiger partial charge in [0.25, 0.3) is 0 Å². The summed E-state index contributed by atoms with van der Waals surface area (Å²) in [5.74, 6) is 0.806. The summed E-state index contributed by atoms with van der Waals surface area (Å²) in [7, 11) is 0. The largest absolute Gasteiger partial charge is 0.375 e. The zero-order chi connectivity index (χ0) is 12.7. The van der Waals surface area contributed by atoms with Crippen LogP contribution < -0.4 is 0 Å². The highest BCUT2D eigenvalue weighted by Crippen LogP contribution is 2.47. The summed E-state index contributed by atoms with van der Waals surface area (Å²) in [5.41, 5.74) is 0. The molecule has 0 saturated carbocycles. The number of rotatable bonds is 2. The average molecular weight is 358 g/mol. The Morgan fingerprint density at radius 3 is 2.41 bits per heavy atom. The number of ether oxygens (including phenoxy) is 1. The fourth-order valence-electron chi connectivity index (χ4n) is 2.49. The monoisotopic (exact) mass is 356 g/mol. The van der Waals surface area contributed by atoms with Crippen molar-refractivity contribution >= 4 is 50.5 Å². The van der Waals surface area contributed by atoms with Crippen LogP contribution in [0.4, 0.5) is 0 Å². The van der Waals surface area contributed by atoms with Crippen molar-refractivity contribution in [3.63, 3.8) is 0 Å². The molecule has 5 unspecified atom stereocenters. The van der Waals surface area contributed by atoms with E-state index in [9.17, 15) is 0 Å². The Labute approximate surface area is 125 Å². The zero-order valence-corrected chi connectivity index (χ0v) is 13.8. The number of thiophene rings is 1. The molecule has 0 spiro atoms. The highest BCUT2D eigenvalue weighted by molar-refractivity contribution is 9.11. The van der Waals surface area contributed by atoms with Crippen LogP contribution >= 0.6 is 50.5 Å². The van der Waals surface area contributed by atoms with Gasteiger partial charge in [-0.05, 0) is 41.8 Å². The first-order valence-corrected chi connectivity index (χ1v) is 8.08. The molecule has 0 bridgehead atoms. The molecule has 0 aliphatic carbocycles. The molecule has 1 fully saturated rings. The summed E-state index contributed by atoms with van der Waals surface area (Å²) in [5, 5.41) is 0.710. The Hall–Kier alpha value is 0.720. The van der Waals surface area contributed by atoms with Crippen molar-refractivity contribution in [3.8, 4) is 0 Å². The molecule has 2 heterocycles. The van der Waals surface area contributed by atoms with Crippen LogP contribution in [0.3, 0.4) is 0 Å². The lowest BCUT2D eigenvalue weighted by Crippen LogP contribution is -2.21. The second kappa shape index (κ2) is 5.38. The third-order valence-electron chi connectivity index (χ3n) is 3.59. The molecule has 0 aromatic carbocycles. The van der Waals surface area contributed by atoms with Crippen molar-refractivity contribution in [1.29, 1.82) is 0 Å². The summed E-state index contributed by atoms with van der Waals surface area (Å²) < 4.78 is 6.79. The van der Waals surface area contributed by atoms with E-state index in [4.69, 9.17) is 27.9 Å². The number of hydrogen-bond donors (Lipinski definition) is 0. The maximum atomic E-state index is 6.60. The van der Waals surface area contributed by atoms with Gasteiger partial charge in [0.05, 0.1) is 26.4 Å². The van der Waals surface area contributed by atoms with Crippen molar-refractivity contribution in [2.75, 3.05) is 0 Å². The van der Waals surface area contributed by atoms with E-state index in [0.29, 0.717) is 11.8 Å². The fraction of sp³-hybridized carbons (Fsp3) is 0.667. The van der Waals surface area contributed by atoms with Gasteiger partial charge in [0, 0.05) is 10.8 Å². The van der Waals surface area contributed by atoms with E-state index in [1.807, 2.05) is 6.07 Å². The van der Waals surface area contributed by atoms with E-state index in [1.165, 1.54) is 0 Å². The minimum absolute atomic E-state index is 0.0289. The number of hydrogen-bond acceptors (Lipinski definition) is 2. The quantitative estimate of drug-likeness (QED) is 0.634. The van der Waals surface area contributed by atoms with Gasteiger partial charge in [0.2, 0.25) is 0 Å². The minimum atomic E-state index is -0.0289. The topological polar surface area (TPSA) is 9.23 Å². The molecule has 1 aromatic rings. The van der Waals surface area contributed by atoms with Crippen LogP contribution in [-0.2, 0) is 4.74 Å². The van der Waals surface area contributed by atoms with Gasteiger partial charge in [-0.3, -0.25) is 0 Å². The van der Waals surface area contributed by atoms with Crippen LogP contribution in [0.25, 0.3) is 0 Å². The number of alkyl halides is 1. The van der Waals surface area contributed by atoms with Crippen molar-refractivity contribution in [3.05, 3.63) is 19.8 Å². The fourth-order valence-corrected chi connectivity index (χ4v) is 4.90. The Morgan fingerprint density at radius 2 is 2.00 bits per heavy atom. The molecule has 0 amide bonds. The van der Waals surface area contributed by atoms with Gasteiger partial charge in [0.1, 0.15) is 0 Å². The van der Waals surface area contributed by atoms with Gasteiger partial charge >= 0.3 is 0 Å². The summed E-state index contributed by atoms with van der Waals surface area (Å²) in [6.07, 6.45) is 0.470. The Balaban J connectivity index is 2.22. The Bertz CT molecular complexity index is 390. The van der Waals surface area contributed by atoms with E-state index in [2.05, 4.69) is 36.7 Å². The van der Waals surface area contributed by atoms with Crippen molar-refractivity contribution in [1.82, 2.24) is 0 Å². The lowest BCUT2D eigenvalue weighted by atomic mass is 9.86. The molecular weight excluding hydrogens is 343 g/mol. The van der Waals surface area contributed by atoms with Gasteiger partial charge in [-0.1, -0.05) is 18.5 Å².